The van der Waals surface area contributed by atoms with Crippen molar-refractivity contribution in [3.8, 4) is 11.5 Å². The maximum Gasteiger partial charge on any atom is 0.247 e. The summed E-state index contributed by atoms with van der Waals surface area (Å²) >= 11 is 0. The third-order valence-corrected chi connectivity index (χ3v) is 6.87. The average molecular weight is 538 g/mol. The van der Waals surface area contributed by atoms with Crippen LogP contribution in [0.1, 0.15) is 19.4 Å². The third kappa shape index (κ3) is 5.46. The number of ether oxygens (including phenoxy) is 4. The molecule has 3 aliphatic rings. The number of carbonyl (C=O) groups is 2. The maximum atomic E-state index is 12.7. The molecule has 4 rings (SSSR count). The number of carbonyl (C=O) groups excluding carboxylic acids is 2. The Balaban J connectivity index is 1.41. The second-order valence-corrected chi connectivity index (χ2v) is 9.48. The van der Waals surface area contributed by atoms with E-state index in [1.165, 1.54) is 37.3 Å². The van der Waals surface area contributed by atoms with Gasteiger partial charge in [-0.15, -0.1) is 0 Å². The van der Waals surface area contributed by atoms with E-state index < -0.39 is 67.1 Å². The number of fused-ring (bicyclic) bond motifs is 1. The number of benzene rings is 1. The van der Waals surface area contributed by atoms with Gasteiger partial charge in [0.1, 0.15) is 61.9 Å². The van der Waals surface area contributed by atoms with E-state index in [4.69, 9.17) is 18.9 Å². The minimum atomic E-state index is -1.49. The molecule has 1 aromatic rings. The number of aliphatic hydroxyl groups is 5. The van der Waals surface area contributed by atoms with Gasteiger partial charge < -0.3 is 54.9 Å². The van der Waals surface area contributed by atoms with Gasteiger partial charge in [-0.05, 0) is 49.3 Å². The van der Waals surface area contributed by atoms with Crippen LogP contribution in [0.5, 0.6) is 11.5 Å². The zero-order valence-electron chi connectivity index (χ0n) is 20.6. The number of hydrogen-bond donors (Lipinski definition) is 7. The number of hydrogen-bond acceptors (Lipinski definition) is 12. The second kappa shape index (κ2) is 11.5. The number of phenols is 1. The van der Waals surface area contributed by atoms with Crippen molar-refractivity contribution >= 4 is 18.3 Å². The lowest BCUT2D eigenvalue weighted by atomic mass is 9.83. The highest BCUT2D eigenvalue weighted by atomic mass is 16.7. The normalized spacial score (nSPS) is 37.6. The predicted octanol–water partition coefficient (Wildman–Crippen LogP) is -1.91. The quantitative estimate of drug-likeness (QED) is 0.150. The van der Waals surface area contributed by atoms with Gasteiger partial charge in [0.25, 0.3) is 0 Å². The third-order valence-electron chi connectivity index (χ3n) is 6.87. The molecule has 2 aliphatic heterocycles. The van der Waals surface area contributed by atoms with Crippen molar-refractivity contribution in [2.75, 3.05) is 6.79 Å². The molecule has 13 heteroatoms. The van der Waals surface area contributed by atoms with Crippen LogP contribution in [0, 0.1) is 0 Å². The molecular weight excluding hydrogens is 506 g/mol. The average Bonchev–Trinajstić information content (AvgIpc) is 3.48. The van der Waals surface area contributed by atoms with E-state index >= 15 is 0 Å². The van der Waals surface area contributed by atoms with Gasteiger partial charge in [-0.3, -0.25) is 9.59 Å². The fourth-order valence-corrected chi connectivity index (χ4v) is 4.71. The lowest BCUT2D eigenvalue weighted by Crippen LogP contribution is -2.67. The van der Waals surface area contributed by atoms with Crippen molar-refractivity contribution in [3.05, 3.63) is 41.0 Å². The first kappa shape index (κ1) is 28.1. The minimum absolute atomic E-state index is 0.0612. The van der Waals surface area contributed by atoms with Crippen LogP contribution in [0.2, 0.25) is 0 Å². The smallest absolute Gasteiger partial charge is 0.247 e. The van der Waals surface area contributed by atoms with E-state index in [0.29, 0.717) is 17.4 Å². The first-order chi connectivity index (χ1) is 18.0. The molecule has 1 saturated carbocycles. The van der Waals surface area contributed by atoms with Crippen molar-refractivity contribution in [1.82, 2.24) is 5.32 Å². The highest BCUT2D eigenvalue weighted by molar-refractivity contribution is 5.97. The lowest BCUT2D eigenvalue weighted by molar-refractivity contribution is -0.155. The largest absolute Gasteiger partial charge is 0.504 e. The molecule has 0 bridgehead atoms. The summed E-state index contributed by atoms with van der Waals surface area (Å²) in [6, 6.07) is 2.97. The summed E-state index contributed by atoms with van der Waals surface area (Å²) < 4.78 is 21.5. The fraction of sp³-hybridized carbons (Fsp3) is 0.520. The van der Waals surface area contributed by atoms with Gasteiger partial charge in [-0.1, -0.05) is 6.07 Å². The molecule has 1 aliphatic carbocycles. The molecular formula is C25H31NO12. The Morgan fingerprint density at radius 3 is 2.34 bits per heavy atom. The van der Waals surface area contributed by atoms with Crippen LogP contribution < -0.4 is 10.1 Å². The summed E-state index contributed by atoms with van der Waals surface area (Å²) in [6.45, 7) is 2.88. The monoisotopic (exact) mass is 537 g/mol. The van der Waals surface area contributed by atoms with E-state index in [0.717, 1.165) is 0 Å². The number of nitrogens with one attached hydrogen (secondary N) is 1. The van der Waals surface area contributed by atoms with Crippen molar-refractivity contribution in [1.29, 1.82) is 0 Å². The van der Waals surface area contributed by atoms with Crippen molar-refractivity contribution in [2.24, 2.45) is 0 Å². The summed E-state index contributed by atoms with van der Waals surface area (Å²) in [4.78, 5) is 23.4. The van der Waals surface area contributed by atoms with Gasteiger partial charge in [0.05, 0.1) is 6.04 Å². The Morgan fingerprint density at radius 2 is 1.68 bits per heavy atom. The molecule has 1 aromatic carbocycles. The first-order valence-electron chi connectivity index (χ1n) is 11.9. The molecule has 0 spiro atoms. The Hall–Kier alpha value is -2.88. The zero-order chi connectivity index (χ0) is 27.7. The Bertz CT molecular complexity index is 1110. The minimum Gasteiger partial charge on any atom is -0.504 e. The first-order valence-corrected chi connectivity index (χ1v) is 11.9. The summed E-state index contributed by atoms with van der Waals surface area (Å²) in [5.74, 6) is -1.04. The summed E-state index contributed by atoms with van der Waals surface area (Å²) in [5, 5.41) is 64.5. The van der Waals surface area contributed by atoms with Crippen molar-refractivity contribution in [3.63, 3.8) is 0 Å². The summed E-state index contributed by atoms with van der Waals surface area (Å²) in [7, 11) is 0. The van der Waals surface area contributed by atoms with Gasteiger partial charge in [0.2, 0.25) is 12.2 Å². The molecule has 1 amide bonds. The highest BCUT2D eigenvalue weighted by Gasteiger charge is 2.53. The molecule has 13 nitrogen and oxygen atoms in total. The zero-order valence-corrected chi connectivity index (χ0v) is 20.6. The van der Waals surface area contributed by atoms with Crippen molar-refractivity contribution < 1.29 is 59.2 Å². The van der Waals surface area contributed by atoms with Gasteiger partial charge >= 0.3 is 0 Å². The van der Waals surface area contributed by atoms with Crippen LogP contribution in [-0.4, -0.2) is 111 Å². The van der Waals surface area contributed by atoms with Gasteiger partial charge in [0.15, 0.2) is 11.5 Å². The van der Waals surface area contributed by atoms with E-state index in [9.17, 15) is 40.2 Å². The van der Waals surface area contributed by atoms with Gasteiger partial charge in [-0.25, -0.2) is 0 Å². The molecule has 10 atom stereocenters. The summed E-state index contributed by atoms with van der Waals surface area (Å²) in [5.41, 5.74) is 0.953. The topological polar surface area (TPSA) is 204 Å². The van der Waals surface area contributed by atoms with Gasteiger partial charge in [0, 0.05) is 5.57 Å². The van der Waals surface area contributed by atoms with Crippen LogP contribution >= 0.6 is 0 Å². The number of allylic oxidation sites excluding steroid dienone is 1. The number of aliphatic hydroxyl groups excluding tert-OH is 5. The van der Waals surface area contributed by atoms with Crippen LogP contribution in [0.15, 0.2) is 35.4 Å². The van der Waals surface area contributed by atoms with Crippen LogP contribution in [-0.2, 0) is 23.8 Å². The van der Waals surface area contributed by atoms with Gasteiger partial charge in [-0.2, -0.15) is 0 Å². The number of rotatable bonds is 7. The fourth-order valence-electron chi connectivity index (χ4n) is 4.71. The lowest BCUT2D eigenvalue weighted by Gasteiger charge is -2.41. The number of aromatic hydroxyl groups is 1. The second-order valence-electron chi connectivity index (χ2n) is 9.48. The molecule has 0 radical (unpaired) electrons. The molecule has 38 heavy (non-hydrogen) atoms. The van der Waals surface area contributed by atoms with E-state index in [-0.39, 0.29) is 23.9 Å². The highest BCUT2D eigenvalue weighted by Crippen LogP contribution is 2.34. The van der Waals surface area contributed by atoms with Crippen LogP contribution in [0.4, 0.5) is 0 Å². The number of aldehydes is 1. The summed E-state index contributed by atoms with van der Waals surface area (Å²) in [6.07, 6.45) is -7.90. The number of amides is 1. The standard InChI is InChI=1S/C25H31NO12/c1-10(5-6-27)21-19(32)20(33)25(38-21)37-14-4-3-12(8-13(14)28)7-11(2)24(34)26-15-16(29)18(31)23-22(17(15)30)35-9-36-23/h3-8,15-23,25,28-33H,9H2,1-2H3,(H,26,34)/b10-5+,11-7+/t15-,16+,17-,18-,19+,20+,21-,22+,23-,25-/m1/s1. The van der Waals surface area contributed by atoms with E-state index in [1.54, 1.807) is 6.92 Å². The molecule has 7 N–H and O–H groups in total. The molecule has 3 fully saturated rings. The molecule has 2 heterocycles. The molecule has 0 aromatic heterocycles. The van der Waals surface area contributed by atoms with Crippen molar-refractivity contribution in [2.45, 2.75) is 75.0 Å². The SMILES string of the molecule is C/C(=C\c1ccc(O[C@@H]2O[C@H](/C(C)=C/C=O)[C@@H](O)[C@@H]2O)c(O)c1)C(=O)N[C@@H]1[C@H](O)[C@@H](O)[C@H]2OCO[C@H]2[C@@H]1O. The predicted molar refractivity (Wildman–Crippen MR) is 127 cm³/mol. The van der Waals surface area contributed by atoms with E-state index in [2.05, 4.69) is 5.32 Å². The Labute approximate surface area is 217 Å². The number of phenolic OH excluding ortho intramolecular Hbond substituents is 1. The molecule has 0 unspecified atom stereocenters. The Morgan fingerprint density at radius 1 is 1.00 bits per heavy atom. The van der Waals surface area contributed by atoms with Crippen LogP contribution in [0.25, 0.3) is 6.08 Å². The Kier molecular flexibility index (Phi) is 8.49. The molecule has 2 saturated heterocycles. The van der Waals surface area contributed by atoms with E-state index in [1.807, 2.05) is 0 Å². The van der Waals surface area contributed by atoms with Crippen LogP contribution in [0.3, 0.4) is 0 Å². The molecule has 208 valence electrons. The maximum absolute atomic E-state index is 12.7.